The summed E-state index contributed by atoms with van der Waals surface area (Å²) in [7, 11) is -21.3. The predicted octanol–water partition coefficient (Wildman–Crippen LogP) is 7.77. The van der Waals surface area contributed by atoms with Crippen LogP contribution in [-0.2, 0) is 0 Å². The summed E-state index contributed by atoms with van der Waals surface area (Å²) in [5, 5.41) is 0. The molecule has 26 heavy (non-hydrogen) atoms. The first-order valence-electron chi connectivity index (χ1n) is 5.85. The molecule has 0 aliphatic rings. The molecule has 0 aliphatic carbocycles. The summed E-state index contributed by atoms with van der Waals surface area (Å²) in [6.07, 6.45) is 7.50. The van der Waals surface area contributed by atoms with E-state index in [1.54, 1.807) is 0 Å². The minimum absolute atomic E-state index is 1.88. The summed E-state index contributed by atoms with van der Waals surface area (Å²) in [4.78, 5) is 5.78. The summed E-state index contributed by atoms with van der Waals surface area (Å²) in [5.74, 6) is 0. The van der Waals surface area contributed by atoms with Crippen LogP contribution in [0, 0.1) is 0 Å². The molecule has 2 rings (SSSR count). The molecule has 0 aliphatic heterocycles. The number of hydrogen-bond donors (Lipinski definition) is 0. The number of pyridine rings is 2. The van der Waals surface area contributed by atoms with Crippen molar-refractivity contribution >= 4 is 15.6 Å². The van der Waals surface area contributed by atoms with E-state index in [9.17, 15) is 50.4 Å². The Bertz CT molecular complexity index is 488. The van der Waals surface area contributed by atoms with Gasteiger partial charge in [0.15, 0.2) is 24.8 Å². The third-order valence-electron chi connectivity index (χ3n) is 1.21. The first-order chi connectivity index (χ1) is 10.9. The molecule has 2 nitrogen and oxygen atoms in total. The van der Waals surface area contributed by atoms with Crippen LogP contribution in [-0.4, -0.2) is 0 Å². The zero-order chi connectivity index (χ0) is 21.3. The van der Waals surface area contributed by atoms with Gasteiger partial charge < -0.3 is 0 Å². The van der Waals surface area contributed by atoms with Crippen molar-refractivity contribution < 1.29 is 60.3 Å². The van der Waals surface area contributed by atoms with Crippen molar-refractivity contribution in [2.45, 2.75) is 0 Å². The van der Waals surface area contributed by atoms with Gasteiger partial charge in [-0.3, -0.25) is 0 Å². The molecular weight excluding hydrogens is 438 g/mol. The summed E-state index contributed by atoms with van der Waals surface area (Å²) in [6, 6.07) is 11.7. The van der Waals surface area contributed by atoms with Crippen LogP contribution in [0.4, 0.5) is 50.4 Å². The quantitative estimate of drug-likeness (QED) is 0.290. The number of halogens is 12. The van der Waals surface area contributed by atoms with Crippen LogP contribution in [0.2, 0.25) is 0 Å². The van der Waals surface area contributed by atoms with Crippen molar-refractivity contribution in [1.82, 2.24) is 0 Å². The maximum atomic E-state index is 9.87. The van der Waals surface area contributed by atoms with Gasteiger partial charge in [0, 0.05) is 24.3 Å². The Labute approximate surface area is 138 Å². The van der Waals surface area contributed by atoms with E-state index in [0.717, 1.165) is 0 Å². The minimum atomic E-state index is -10.7. The second kappa shape index (κ2) is 7.15. The maximum Gasteiger partial charge on any atom is 0.166 e. The van der Waals surface area contributed by atoms with Crippen molar-refractivity contribution in [2.75, 3.05) is 0 Å². The van der Waals surface area contributed by atoms with E-state index >= 15 is 0 Å². The van der Waals surface area contributed by atoms with E-state index in [4.69, 9.17) is 0 Å². The van der Waals surface area contributed by atoms with Gasteiger partial charge in [-0.2, -0.15) is 0 Å². The van der Waals surface area contributed by atoms with Crippen LogP contribution in [0.25, 0.3) is 0 Å². The Balaban J connectivity index is 0. The third-order valence-corrected chi connectivity index (χ3v) is 1.21. The molecule has 0 saturated heterocycles. The van der Waals surface area contributed by atoms with Crippen molar-refractivity contribution in [3.63, 3.8) is 0 Å². The monoisotopic (exact) mass is 450 g/mol. The summed E-state index contributed by atoms with van der Waals surface area (Å²) in [5.41, 5.74) is 0. The number of aromatic nitrogens is 2. The van der Waals surface area contributed by atoms with Gasteiger partial charge in [0.1, 0.15) is 0 Å². The number of hydrogen-bond acceptors (Lipinski definition) is 0. The Morgan fingerprint density at radius 2 is 0.500 bits per heavy atom. The molecule has 2 N–H and O–H groups in total. The fraction of sp³-hybridized carbons (Fsp3) is 0. The second-order valence-electron chi connectivity index (χ2n) is 4.07. The Hall–Kier alpha value is -1.68. The molecule has 2 aromatic heterocycles. The molecule has 0 amide bonds. The molecule has 0 atom stereocenters. The van der Waals surface area contributed by atoms with Gasteiger partial charge in [-0.15, -0.1) is 0 Å². The molecule has 0 saturated carbocycles. The standard InChI is InChI=1S/2C5H5N.2F6P/c2*1-2-4-6-5-3-1;2*1-7(2,3,4,5)6/h2*1-5H;;/q;;2*-1/p+2. The minimum Gasteiger partial charge on any atom is -0.218 e. The fourth-order valence-corrected chi connectivity index (χ4v) is 0.684. The largest absolute Gasteiger partial charge is 0.218 e. The molecule has 156 valence electrons. The van der Waals surface area contributed by atoms with Gasteiger partial charge in [-0.25, -0.2) is 9.97 Å². The van der Waals surface area contributed by atoms with Gasteiger partial charge in [0.2, 0.25) is 0 Å². The van der Waals surface area contributed by atoms with Crippen LogP contribution >= 0.6 is 15.6 Å². The van der Waals surface area contributed by atoms with E-state index in [0.29, 0.717) is 0 Å². The Morgan fingerprint density at radius 3 is 0.538 bits per heavy atom. The van der Waals surface area contributed by atoms with E-state index in [1.165, 1.54) is 0 Å². The van der Waals surface area contributed by atoms with Gasteiger partial charge >= 0.3 is 66.0 Å². The maximum absolute atomic E-state index is 10.7. The number of rotatable bonds is 0. The van der Waals surface area contributed by atoms with Crippen LogP contribution in [0.3, 0.4) is 0 Å². The normalized spacial score (nSPS) is 16.2. The first kappa shape index (κ1) is 26.5. The molecule has 0 fully saturated rings. The van der Waals surface area contributed by atoms with E-state index in [1.807, 2.05) is 61.2 Å². The summed E-state index contributed by atoms with van der Waals surface area (Å²) in [6.45, 7) is 0. The molecule has 0 unspecified atom stereocenters. The van der Waals surface area contributed by atoms with Gasteiger partial charge in [-0.05, 0) is 0 Å². The molecule has 0 aromatic carbocycles. The molecule has 0 spiro atoms. The number of H-pyrrole nitrogens is 2. The summed E-state index contributed by atoms with van der Waals surface area (Å²) >= 11 is 0. The molecule has 0 radical (unpaired) electrons. The molecule has 0 bridgehead atoms. The number of nitrogens with one attached hydrogen (secondary N) is 2. The van der Waals surface area contributed by atoms with Gasteiger partial charge in [-0.1, -0.05) is 12.1 Å². The van der Waals surface area contributed by atoms with Crippen LogP contribution < -0.4 is 9.97 Å². The van der Waals surface area contributed by atoms with Gasteiger partial charge in [0.05, 0.1) is 0 Å². The fourth-order valence-electron chi connectivity index (χ4n) is 0.684. The van der Waals surface area contributed by atoms with Crippen molar-refractivity contribution in [2.24, 2.45) is 0 Å². The van der Waals surface area contributed by atoms with Crippen LogP contribution in [0.5, 0.6) is 0 Å². The first-order valence-corrected chi connectivity index (χ1v) is 9.91. The molecule has 16 heteroatoms. The smallest absolute Gasteiger partial charge is 0.166 e. The topological polar surface area (TPSA) is 28.3 Å². The molecule has 2 aromatic rings. The molecule has 2 heterocycles. The van der Waals surface area contributed by atoms with E-state index in [-0.39, 0.29) is 0 Å². The van der Waals surface area contributed by atoms with Crippen LogP contribution in [0.1, 0.15) is 0 Å². The van der Waals surface area contributed by atoms with Crippen molar-refractivity contribution in [3.8, 4) is 0 Å². The SMILES string of the molecule is F[P-](F)(F)(F)(F)F.F[P-](F)(F)(F)(F)F.c1cc[nH+]cc1.c1cc[nH+]cc1. The average Bonchev–Trinajstić information content (AvgIpc) is 2.36. The van der Waals surface area contributed by atoms with Crippen molar-refractivity contribution in [1.29, 1.82) is 0 Å². The molecular formula is C10H12F12N2P2. The zero-order valence-corrected chi connectivity index (χ0v) is 14.0. The Morgan fingerprint density at radius 1 is 0.346 bits per heavy atom. The van der Waals surface area contributed by atoms with Crippen LogP contribution in [0.15, 0.2) is 61.2 Å². The average molecular weight is 450 g/mol. The summed E-state index contributed by atoms with van der Waals surface area (Å²) < 4.78 is 118. The second-order valence-corrected chi connectivity index (χ2v) is 7.90. The Kier molecular flexibility index (Phi) is 7.30. The van der Waals surface area contributed by atoms with Gasteiger partial charge in [0.25, 0.3) is 0 Å². The number of aromatic amines is 2. The predicted molar refractivity (Wildman–Crippen MR) is 73.1 cm³/mol. The van der Waals surface area contributed by atoms with Crippen molar-refractivity contribution in [3.05, 3.63) is 61.2 Å². The third kappa shape index (κ3) is 95.3. The van der Waals surface area contributed by atoms with E-state index < -0.39 is 15.6 Å². The zero-order valence-electron chi connectivity index (χ0n) is 12.2. The van der Waals surface area contributed by atoms with E-state index in [2.05, 4.69) is 9.97 Å².